The fourth-order valence-corrected chi connectivity index (χ4v) is 1.16. The van der Waals surface area contributed by atoms with Gasteiger partial charge in [-0.2, -0.15) is 0 Å². The zero-order valence-corrected chi connectivity index (χ0v) is 9.53. The third kappa shape index (κ3) is 3.36. The van der Waals surface area contributed by atoms with E-state index in [9.17, 15) is 4.79 Å². The minimum absolute atomic E-state index is 0.103. The van der Waals surface area contributed by atoms with E-state index in [2.05, 4.69) is 10.3 Å². The Kier molecular flexibility index (Phi) is 4.30. The summed E-state index contributed by atoms with van der Waals surface area (Å²) in [6.45, 7) is 3.67. The highest BCUT2D eigenvalue weighted by atomic mass is 16.2. The molecule has 1 aromatic heterocycles. The van der Waals surface area contributed by atoms with Gasteiger partial charge in [-0.3, -0.25) is 4.79 Å². The van der Waals surface area contributed by atoms with E-state index >= 15 is 0 Å². The summed E-state index contributed by atoms with van der Waals surface area (Å²) in [5.41, 5.74) is 0. The van der Waals surface area contributed by atoms with Gasteiger partial charge in [0.25, 0.3) is 0 Å². The van der Waals surface area contributed by atoms with Gasteiger partial charge in [0.15, 0.2) is 0 Å². The number of rotatable bonds is 5. The van der Waals surface area contributed by atoms with Crippen LogP contribution in [0.5, 0.6) is 0 Å². The lowest BCUT2D eigenvalue weighted by molar-refractivity contribution is -0.128. The number of likely N-dealkylation sites (N-methyl/N-ethyl adjacent to an activating group) is 1. The van der Waals surface area contributed by atoms with Crippen molar-refractivity contribution in [3.8, 4) is 0 Å². The Morgan fingerprint density at radius 3 is 2.93 bits per heavy atom. The van der Waals surface area contributed by atoms with Crippen molar-refractivity contribution in [2.45, 2.75) is 13.5 Å². The minimum atomic E-state index is 0.103. The SMILES string of the molecule is CCN(C)C(=O)CNCc1nccn1C. The second kappa shape index (κ2) is 5.50. The van der Waals surface area contributed by atoms with Crippen LogP contribution in [0, 0.1) is 0 Å². The molecule has 0 aliphatic carbocycles. The van der Waals surface area contributed by atoms with Gasteiger partial charge < -0.3 is 14.8 Å². The maximum absolute atomic E-state index is 11.4. The summed E-state index contributed by atoms with van der Waals surface area (Å²) in [5, 5.41) is 3.07. The van der Waals surface area contributed by atoms with Crippen molar-refractivity contribution < 1.29 is 4.79 Å². The van der Waals surface area contributed by atoms with Gasteiger partial charge in [0, 0.05) is 33.0 Å². The lowest BCUT2D eigenvalue weighted by Gasteiger charge is -2.14. The van der Waals surface area contributed by atoms with Gasteiger partial charge in [0.05, 0.1) is 13.1 Å². The number of carbonyl (C=O) groups is 1. The van der Waals surface area contributed by atoms with Crippen LogP contribution in [-0.4, -0.2) is 40.5 Å². The number of hydrogen-bond donors (Lipinski definition) is 1. The first-order valence-electron chi connectivity index (χ1n) is 5.06. The normalized spacial score (nSPS) is 10.3. The maximum atomic E-state index is 11.4. The highest BCUT2D eigenvalue weighted by Gasteiger charge is 2.06. The predicted octanol–water partition coefficient (Wildman–Crippen LogP) is -0.0120. The van der Waals surface area contributed by atoms with Crippen LogP contribution in [0.2, 0.25) is 0 Å². The third-order valence-corrected chi connectivity index (χ3v) is 2.38. The molecule has 5 heteroatoms. The zero-order valence-electron chi connectivity index (χ0n) is 9.53. The number of aryl methyl sites for hydroxylation is 1. The van der Waals surface area contributed by atoms with Crippen molar-refractivity contribution in [2.75, 3.05) is 20.1 Å². The van der Waals surface area contributed by atoms with Crippen molar-refractivity contribution in [3.63, 3.8) is 0 Å². The van der Waals surface area contributed by atoms with E-state index in [1.54, 1.807) is 18.1 Å². The molecule has 0 spiro atoms. The van der Waals surface area contributed by atoms with Crippen molar-refractivity contribution in [1.29, 1.82) is 0 Å². The van der Waals surface area contributed by atoms with Gasteiger partial charge in [-0.25, -0.2) is 4.98 Å². The van der Waals surface area contributed by atoms with E-state index in [-0.39, 0.29) is 5.91 Å². The van der Waals surface area contributed by atoms with Crippen LogP contribution in [0.4, 0.5) is 0 Å². The molecule has 1 aromatic rings. The molecule has 0 aliphatic heterocycles. The van der Waals surface area contributed by atoms with Crippen molar-refractivity contribution in [3.05, 3.63) is 18.2 Å². The molecule has 1 rings (SSSR count). The highest BCUT2D eigenvalue weighted by Crippen LogP contribution is 1.92. The smallest absolute Gasteiger partial charge is 0.236 e. The number of aromatic nitrogens is 2. The number of nitrogens with zero attached hydrogens (tertiary/aromatic N) is 3. The first-order valence-corrected chi connectivity index (χ1v) is 5.06. The second-order valence-electron chi connectivity index (χ2n) is 3.47. The average Bonchev–Trinajstić information content (AvgIpc) is 2.63. The van der Waals surface area contributed by atoms with E-state index in [0.717, 1.165) is 12.4 Å². The van der Waals surface area contributed by atoms with Crippen LogP contribution >= 0.6 is 0 Å². The number of amides is 1. The summed E-state index contributed by atoms with van der Waals surface area (Å²) in [5.74, 6) is 1.04. The standard InChI is InChI=1S/C10H18N4O/c1-4-13(2)10(15)8-11-7-9-12-5-6-14(9)3/h5-6,11H,4,7-8H2,1-3H3. The van der Waals surface area contributed by atoms with Gasteiger partial charge in [-0.15, -0.1) is 0 Å². The monoisotopic (exact) mass is 210 g/mol. The van der Waals surface area contributed by atoms with Gasteiger partial charge in [0.2, 0.25) is 5.91 Å². The molecule has 0 atom stereocenters. The van der Waals surface area contributed by atoms with Crippen molar-refractivity contribution in [1.82, 2.24) is 19.8 Å². The van der Waals surface area contributed by atoms with Gasteiger partial charge in [-0.1, -0.05) is 0 Å². The molecule has 1 N–H and O–H groups in total. The quantitative estimate of drug-likeness (QED) is 0.743. The molecule has 1 heterocycles. The average molecular weight is 210 g/mol. The molecule has 0 saturated heterocycles. The molecule has 0 fully saturated rings. The predicted molar refractivity (Wildman–Crippen MR) is 58.2 cm³/mol. The molecule has 0 aliphatic rings. The van der Waals surface area contributed by atoms with Crippen molar-refractivity contribution >= 4 is 5.91 Å². The molecule has 0 unspecified atom stereocenters. The molecule has 84 valence electrons. The lowest BCUT2D eigenvalue weighted by atomic mass is 10.4. The van der Waals surface area contributed by atoms with Crippen LogP contribution < -0.4 is 5.32 Å². The van der Waals surface area contributed by atoms with Gasteiger partial charge in [-0.05, 0) is 6.92 Å². The van der Waals surface area contributed by atoms with E-state index < -0.39 is 0 Å². The van der Waals surface area contributed by atoms with Crippen LogP contribution in [0.15, 0.2) is 12.4 Å². The zero-order chi connectivity index (χ0) is 11.3. The molecule has 0 aromatic carbocycles. The summed E-state index contributed by atoms with van der Waals surface area (Å²) >= 11 is 0. The number of carbonyl (C=O) groups excluding carboxylic acids is 1. The number of imidazole rings is 1. The molecule has 1 amide bonds. The molecule has 0 saturated carbocycles. The summed E-state index contributed by atoms with van der Waals surface area (Å²) in [6.07, 6.45) is 3.63. The Morgan fingerprint density at radius 1 is 1.67 bits per heavy atom. The van der Waals surface area contributed by atoms with Crippen LogP contribution in [0.3, 0.4) is 0 Å². The Morgan fingerprint density at radius 2 is 2.40 bits per heavy atom. The highest BCUT2D eigenvalue weighted by molar-refractivity contribution is 5.77. The Hall–Kier alpha value is -1.36. The van der Waals surface area contributed by atoms with E-state index in [1.165, 1.54) is 0 Å². The fraction of sp³-hybridized carbons (Fsp3) is 0.600. The molecular weight excluding hydrogens is 192 g/mol. The van der Waals surface area contributed by atoms with E-state index in [1.807, 2.05) is 24.7 Å². The first kappa shape index (κ1) is 11.7. The maximum Gasteiger partial charge on any atom is 0.236 e. The summed E-state index contributed by atoms with van der Waals surface area (Å²) in [7, 11) is 3.73. The number of nitrogens with one attached hydrogen (secondary N) is 1. The Balaban J connectivity index is 2.28. The van der Waals surface area contributed by atoms with Crippen LogP contribution in [-0.2, 0) is 18.4 Å². The summed E-state index contributed by atoms with van der Waals surface area (Å²) < 4.78 is 1.93. The van der Waals surface area contributed by atoms with Crippen molar-refractivity contribution in [2.24, 2.45) is 7.05 Å². The molecule has 0 radical (unpaired) electrons. The Labute approximate surface area is 90.1 Å². The third-order valence-electron chi connectivity index (χ3n) is 2.38. The summed E-state index contributed by atoms with van der Waals surface area (Å²) in [4.78, 5) is 17.3. The van der Waals surface area contributed by atoms with E-state index in [4.69, 9.17) is 0 Å². The molecule has 5 nitrogen and oxygen atoms in total. The fourth-order valence-electron chi connectivity index (χ4n) is 1.16. The lowest BCUT2D eigenvalue weighted by Crippen LogP contribution is -2.35. The van der Waals surface area contributed by atoms with Gasteiger partial charge >= 0.3 is 0 Å². The molecule has 0 bridgehead atoms. The Bertz CT molecular complexity index is 321. The van der Waals surface area contributed by atoms with Crippen LogP contribution in [0.1, 0.15) is 12.7 Å². The minimum Gasteiger partial charge on any atom is -0.345 e. The summed E-state index contributed by atoms with van der Waals surface area (Å²) in [6, 6.07) is 0. The van der Waals surface area contributed by atoms with Gasteiger partial charge in [0.1, 0.15) is 5.82 Å². The van der Waals surface area contributed by atoms with E-state index in [0.29, 0.717) is 13.1 Å². The number of hydrogen-bond acceptors (Lipinski definition) is 3. The molecule has 15 heavy (non-hydrogen) atoms. The largest absolute Gasteiger partial charge is 0.345 e. The van der Waals surface area contributed by atoms with Crippen LogP contribution in [0.25, 0.3) is 0 Å². The first-order chi connectivity index (χ1) is 7.15. The second-order valence-corrected chi connectivity index (χ2v) is 3.47. The topological polar surface area (TPSA) is 50.2 Å². The molecular formula is C10H18N4O.